The number of benzene rings is 1. The van der Waals surface area contributed by atoms with Gasteiger partial charge in [0.15, 0.2) is 0 Å². The van der Waals surface area contributed by atoms with Gasteiger partial charge in [-0.25, -0.2) is 9.97 Å². The van der Waals surface area contributed by atoms with E-state index in [1.54, 1.807) is 6.20 Å². The van der Waals surface area contributed by atoms with Gasteiger partial charge in [-0.2, -0.15) is 0 Å². The summed E-state index contributed by atoms with van der Waals surface area (Å²) in [5.41, 5.74) is 4.98. The minimum atomic E-state index is 0.626. The van der Waals surface area contributed by atoms with Gasteiger partial charge in [-0.15, -0.1) is 0 Å². The zero-order valence-electron chi connectivity index (χ0n) is 11.4. The molecule has 0 aliphatic carbocycles. The summed E-state index contributed by atoms with van der Waals surface area (Å²) in [7, 11) is 0. The van der Waals surface area contributed by atoms with Crippen molar-refractivity contribution in [1.29, 1.82) is 0 Å². The average Bonchev–Trinajstić information content (AvgIpc) is 2.90. The number of pyridine rings is 2. The molecule has 3 heterocycles. The number of aryl methyl sites for hydroxylation is 1. The summed E-state index contributed by atoms with van der Waals surface area (Å²) < 4.78 is 0. The lowest BCUT2D eigenvalue weighted by atomic mass is 10.1. The number of H-pyrrole nitrogens is 1. The lowest BCUT2D eigenvalue weighted by molar-refractivity contribution is 1.32. The third kappa shape index (κ3) is 1.98. The van der Waals surface area contributed by atoms with E-state index >= 15 is 0 Å². The highest BCUT2D eigenvalue weighted by atomic mass is 35.5. The molecule has 0 unspecified atom stereocenters. The Morgan fingerprint density at radius 1 is 1.10 bits per heavy atom. The zero-order valence-corrected chi connectivity index (χ0v) is 12.1. The number of rotatable bonds is 1. The van der Waals surface area contributed by atoms with Crippen molar-refractivity contribution in [3.8, 4) is 11.3 Å². The Morgan fingerprint density at radius 3 is 2.86 bits per heavy atom. The van der Waals surface area contributed by atoms with E-state index in [4.69, 9.17) is 16.6 Å². The maximum absolute atomic E-state index is 6.06. The highest BCUT2D eigenvalue weighted by molar-refractivity contribution is 6.31. The minimum Gasteiger partial charge on any atom is -0.345 e. The molecule has 0 atom stereocenters. The van der Waals surface area contributed by atoms with Crippen molar-refractivity contribution < 1.29 is 0 Å². The Balaban J connectivity index is 2.02. The van der Waals surface area contributed by atoms with Crippen LogP contribution in [0.25, 0.3) is 33.2 Å². The molecule has 21 heavy (non-hydrogen) atoms. The SMILES string of the molecule is Cc1cc(-c2c[nH]c3ncc(Cl)cc23)nc2ccccc12. The molecule has 3 nitrogen and oxygen atoms in total. The van der Waals surface area contributed by atoms with Gasteiger partial charge in [-0.1, -0.05) is 29.8 Å². The second-order valence-electron chi connectivity index (χ2n) is 5.09. The van der Waals surface area contributed by atoms with Gasteiger partial charge in [0.2, 0.25) is 0 Å². The van der Waals surface area contributed by atoms with Crippen LogP contribution in [0.1, 0.15) is 5.56 Å². The summed E-state index contributed by atoms with van der Waals surface area (Å²) in [6, 6.07) is 12.2. The first-order valence-electron chi connectivity index (χ1n) is 6.72. The molecule has 4 rings (SSSR count). The number of aromatic nitrogens is 3. The molecule has 4 aromatic rings. The zero-order chi connectivity index (χ0) is 14.4. The van der Waals surface area contributed by atoms with Gasteiger partial charge < -0.3 is 4.98 Å². The number of fused-ring (bicyclic) bond motifs is 2. The van der Waals surface area contributed by atoms with E-state index in [1.807, 2.05) is 30.5 Å². The molecule has 0 radical (unpaired) electrons. The average molecular weight is 294 g/mol. The third-order valence-electron chi connectivity index (χ3n) is 3.70. The van der Waals surface area contributed by atoms with E-state index in [1.165, 1.54) is 10.9 Å². The van der Waals surface area contributed by atoms with E-state index in [9.17, 15) is 0 Å². The number of nitrogens with one attached hydrogen (secondary N) is 1. The minimum absolute atomic E-state index is 0.626. The van der Waals surface area contributed by atoms with Crippen LogP contribution in [0, 0.1) is 6.92 Å². The molecule has 1 aromatic carbocycles. The molecule has 4 heteroatoms. The number of nitrogens with zero attached hydrogens (tertiary/aromatic N) is 2. The van der Waals surface area contributed by atoms with Gasteiger partial charge >= 0.3 is 0 Å². The summed E-state index contributed by atoms with van der Waals surface area (Å²) in [6.45, 7) is 2.10. The van der Waals surface area contributed by atoms with Crippen molar-refractivity contribution in [3.63, 3.8) is 0 Å². The summed E-state index contributed by atoms with van der Waals surface area (Å²) in [5, 5.41) is 2.79. The van der Waals surface area contributed by atoms with Crippen LogP contribution in [0.3, 0.4) is 0 Å². The number of aromatic amines is 1. The van der Waals surface area contributed by atoms with Gasteiger partial charge in [0.1, 0.15) is 5.65 Å². The highest BCUT2D eigenvalue weighted by Gasteiger charge is 2.11. The number of halogens is 1. The van der Waals surface area contributed by atoms with Crippen LogP contribution in [0.4, 0.5) is 0 Å². The first-order valence-corrected chi connectivity index (χ1v) is 7.09. The van der Waals surface area contributed by atoms with Crippen molar-refractivity contribution in [2.45, 2.75) is 6.92 Å². The molecule has 0 aliphatic rings. The van der Waals surface area contributed by atoms with E-state index in [0.29, 0.717) is 5.02 Å². The second kappa shape index (κ2) is 4.57. The highest BCUT2D eigenvalue weighted by Crippen LogP contribution is 2.30. The van der Waals surface area contributed by atoms with Gasteiger partial charge in [0.05, 0.1) is 16.2 Å². The van der Waals surface area contributed by atoms with Gasteiger partial charge in [0, 0.05) is 28.7 Å². The predicted octanol–water partition coefficient (Wildman–Crippen LogP) is 4.74. The first kappa shape index (κ1) is 12.4. The third-order valence-corrected chi connectivity index (χ3v) is 3.90. The van der Waals surface area contributed by atoms with Gasteiger partial charge in [0.25, 0.3) is 0 Å². The Labute approximate surface area is 126 Å². The number of hydrogen-bond donors (Lipinski definition) is 1. The first-order chi connectivity index (χ1) is 10.2. The van der Waals surface area contributed by atoms with Crippen LogP contribution >= 0.6 is 11.6 Å². The number of hydrogen-bond acceptors (Lipinski definition) is 2. The van der Waals surface area contributed by atoms with Crippen molar-refractivity contribution in [2.24, 2.45) is 0 Å². The summed E-state index contributed by atoms with van der Waals surface area (Å²) in [4.78, 5) is 12.2. The van der Waals surface area contributed by atoms with Gasteiger partial charge in [-0.05, 0) is 30.7 Å². The molecule has 3 aromatic heterocycles. The van der Waals surface area contributed by atoms with Crippen molar-refractivity contribution in [3.05, 3.63) is 59.4 Å². The monoisotopic (exact) mass is 293 g/mol. The number of para-hydroxylation sites is 1. The predicted molar refractivity (Wildman–Crippen MR) is 86.6 cm³/mol. The Hall–Kier alpha value is -2.39. The lowest BCUT2D eigenvalue weighted by Crippen LogP contribution is -1.88. The molecule has 0 amide bonds. The summed E-state index contributed by atoms with van der Waals surface area (Å²) >= 11 is 6.06. The standard InChI is InChI=1S/C17H12ClN3/c1-10-6-16(21-15-5-3-2-4-12(10)15)14-9-20-17-13(14)7-11(18)8-19-17/h2-9H,1H3,(H,19,20). The van der Waals surface area contributed by atoms with Crippen molar-refractivity contribution >= 4 is 33.5 Å². The largest absolute Gasteiger partial charge is 0.345 e. The van der Waals surface area contributed by atoms with E-state index in [2.05, 4.69) is 29.0 Å². The molecule has 0 saturated heterocycles. The van der Waals surface area contributed by atoms with E-state index in [0.717, 1.165) is 27.8 Å². The molecule has 0 spiro atoms. The normalized spacial score (nSPS) is 11.3. The van der Waals surface area contributed by atoms with Crippen LogP contribution in [-0.2, 0) is 0 Å². The van der Waals surface area contributed by atoms with Crippen molar-refractivity contribution in [1.82, 2.24) is 15.0 Å². The van der Waals surface area contributed by atoms with Gasteiger partial charge in [-0.3, -0.25) is 0 Å². The molecule has 102 valence electrons. The van der Waals surface area contributed by atoms with Crippen LogP contribution in [-0.4, -0.2) is 15.0 Å². The molecule has 0 aliphatic heterocycles. The van der Waals surface area contributed by atoms with Crippen LogP contribution in [0.2, 0.25) is 5.02 Å². The lowest BCUT2D eigenvalue weighted by Gasteiger charge is -2.05. The summed E-state index contributed by atoms with van der Waals surface area (Å²) in [6.07, 6.45) is 3.58. The molecule has 0 bridgehead atoms. The molecule has 1 N–H and O–H groups in total. The Morgan fingerprint density at radius 2 is 1.95 bits per heavy atom. The maximum Gasteiger partial charge on any atom is 0.138 e. The Kier molecular flexibility index (Phi) is 2.69. The van der Waals surface area contributed by atoms with Crippen LogP contribution in [0.15, 0.2) is 48.8 Å². The molecule has 0 saturated carbocycles. The van der Waals surface area contributed by atoms with E-state index in [-0.39, 0.29) is 0 Å². The maximum atomic E-state index is 6.06. The Bertz CT molecular complexity index is 972. The smallest absolute Gasteiger partial charge is 0.138 e. The fourth-order valence-electron chi connectivity index (χ4n) is 2.68. The van der Waals surface area contributed by atoms with E-state index < -0.39 is 0 Å². The van der Waals surface area contributed by atoms with Crippen molar-refractivity contribution in [2.75, 3.05) is 0 Å². The second-order valence-corrected chi connectivity index (χ2v) is 5.53. The molecular weight excluding hydrogens is 282 g/mol. The molecule has 0 fully saturated rings. The fraction of sp³-hybridized carbons (Fsp3) is 0.0588. The van der Waals surface area contributed by atoms with Crippen LogP contribution in [0.5, 0.6) is 0 Å². The summed E-state index contributed by atoms with van der Waals surface area (Å²) in [5.74, 6) is 0. The van der Waals surface area contributed by atoms with Crippen LogP contribution < -0.4 is 0 Å². The molecular formula is C17H12ClN3. The quantitative estimate of drug-likeness (QED) is 0.551. The fourth-order valence-corrected chi connectivity index (χ4v) is 2.84. The topological polar surface area (TPSA) is 41.6 Å².